The lowest BCUT2D eigenvalue weighted by atomic mass is 10.1. The van der Waals surface area contributed by atoms with Gasteiger partial charge in [-0.3, -0.25) is 15.0 Å². The second-order valence-electron chi connectivity index (χ2n) is 4.98. The molecule has 116 valence electrons. The fourth-order valence-electron chi connectivity index (χ4n) is 2.32. The molecular weight excluding hydrogens is 324 g/mol. The Morgan fingerprint density at radius 1 is 1.55 bits per heavy atom. The summed E-state index contributed by atoms with van der Waals surface area (Å²) in [4.78, 5) is 14.4. The first kappa shape index (κ1) is 15.2. The Bertz CT molecular complexity index is 665. The van der Waals surface area contributed by atoms with Crippen LogP contribution in [0.15, 0.2) is 23.7 Å². The highest BCUT2D eigenvalue weighted by molar-refractivity contribution is 7.13. The Hall–Kier alpha value is -1.70. The number of ether oxygens (including phenoxy) is 1. The maximum Gasteiger partial charge on any atom is 0.243 e. The van der Waals surface area contributed by atoms with Crippen molar-refractivity contribution in [3.63, 3.8) is 0 Å². The van der Waals surface area contributed by atoms with Crippen molar-refractivity contribution in [2.45, 2.75) is 19.5 Å². The fraction of sp³-hybridized carbons (Fsp3) is 0.357. The molecule has 0 aliphatic carbocycles. The van der Waals surface area contributed by atoms with Crippen molar-refractivity contribution in [3.05, 3.63) is 34.3 Å². The van der Waals surface area contributed by atoms with Gasteiger partial charge in [-0.25, -0.2) is 0 Å². The summed E-state index contributed by atoms with van der Waals surface area (Å²) in [5, 5.41) is 11.5. The van der Waals surface area contributed by atoms with Crippen molar-refractivity contribution in [3.8, 4) is 5.75 Å². The van der Waals surface area contributed by atoms with E-state index in [9.17, 15) is 4.79 Å². The Morgan fingerprint density at radius 3 is 3.18 bits per heavy atom. The average molecular weight is 339 g/mol. The highest BCUT2D eigenvalue weighted by Gasteiger charge is 2.25. The first-order valence-electron chi connectivity index (χ1n) is 6.86. The molecule has 0 saturated carbocycles. The van der Waals surface area contributed by atoms with Crippen LogP contribution in [0.5, 0.6) is 5.75 Å². The lowest BCUT2D eigenvalue weighted by molar-refractivity contribution is -0.121. The van der Waals surface area contributed by atoms with Crippen LogP contribution in [0.4, 0.5) is 5.13 Å². The van der Waals surface area contributed by atoms with E-state index in [1.165, 1.54) is 11.3 Å². The third kappa shape index (κ3) is 3.37. The van der Waals surface area contributed by atoms with Crippen molar-refractivity contribution in [2.75, 3.05) is 18.5 Å². The maximum absolute atomic E-state index is 12.3. The van der Waals surface area contributed by atoms with E-state index >= 15 is 0 Å². The number of rotatable bonds is 3. The van der Waals surface area contributed by atoms with Crippen LogP contribution in [0.1, 0.15) is 12.5 Å². The number of hydrogen-bond donors (Lipinski definition) is 1. The molecule has 1 aliphatic heterocycles. The summed E-state index contributed by atoms with van der Waals surface area (Å²) in [6.07, 6.45) is 0. The molecule has 0 radical (unpaired) electrons. The minimum atomic E-state index is -0.308. The molecule has 0 saturated heterocycles. The SMILES string of the molecule is C[C@@H](C(=O)Nc1nncs1)N1CCOc2ccc(Cl)cc2C1. The Morgan fingerprint density at radius 2 is 2.41 bits per heavy atom. The van der Waals surface area contributed by atoms with Gasteiger partial charge in [0.1, 0.15) is 17.9 Å². The normalized spacial score (nSPS) is 16.3. The van der Waals surface area contributed by atoms with Gasteiger partial charge < -0.3 is 4.74 Å². The van der Waals surface area contributed by atoms with E-state index in [4.69, 9.17) is 16.3 Å². The number of carbonyl (C=O) groups excluding carboxylic acids is 1. The van der Waals surface area contributed by atoms with E-state index in [-0.39, 0.29) is 11.9 Å². The topological polar surface area (TPSA) is 67.4 Å². The smallest absolute Gasteiger partial charge is 0.243 e. The largest absolute Gasteiger partial charge is 0.492 e. The van der Waals surface area contributed by atoms with Crippen LogP contribution in [0.2, 0.25) is 5.02 Å². The van der Waals surface area contributed by atoms with Gasteiger partial charge in [0.05, 0.1) is 6.04 Å². The highest BCUT2D eigenvalue weighted by atomic mass is 35.5. The molecule has 1 aromatic carbocycles. The van der Waals surface area contributed by atoms with Crippen LogP contribution in [-0.4, -0.2) is 40.2 Å². The molecule has 1 aliphatic rings. The molecule has 0 bridgehead atoms. The molecule has 2 heterocycles. The van der Waals surface area contributed by atoms with Gasteiger partial charge in [-0.15, -0.1) is 10.2 Å². The third-order valence-electron chi connectivity index (χ3n) is 3.55. The number of fused-ring (bicyclic) bond motifs is 1. The van der Waals surface area contributed by atoms with Crippen molar-refractivity contribution in [1.82, 2.24) is 15.1 Å². The zero-order valence-corrected chi connectivity index (χ0v) is 13.5. The molecule has 0 spiro atoms. The lowest BCUT2D eigenvalue weighted by Gasteiger charge is -2.25. The fourth-order valence-corrected chi connectivity index (χ4v) is 2.96. The number of hydrogen-bond acceptors (Lipinski definition) is 6. The van der Waals surface area contributed by atoms with E-state index in [1.54, 1.807) is 5.51 Å². The molecule has 8 heteroatoms. The molecule has 0 unspecified atom stereocenters. The highest BCUT2D eigenvalue weighted by Crippen LogP contribution is 2.27. The van der Waals surface area contributed by atoms with Gasteiger partial charge in [-0.1, -0.05) is 22.9 Å². The van der Waals surface area contributed by atoms with E-state index in [1.807, 2.05) is 25.1 Å². The number of nitrogens with zero attached hydrogens (tertiary/aromatic N) is 3. The quantitative estimate of drug-likeness (QED) is 0.930. The molecule has 3 rings (SSSR count). The Balaban J connectivity index is 1.72. The van der Waals surface area contributed by atoms with Gasteiger partial charge >= 0.3 is 0 Å². The number of amides is 1. The number of halogens is 1. The predicted octanol–water partition coefficient (Wildman–Crippen LogP) is 2.41. The van der Waals surface area contributed by atoms with Crippen molar-refractivity contribution in [2.24, 2.45) is 0 Å². The number of aromatic nitrogens is 2. The number of benzene rings is 1. The summed E-state index contributed by atoms with van der Waals surface area (Å²) in [5.41, 5.74) is 2.57. The van der Waals surface area contributed by atoms with Gasteiger partial charge in [0.25, 0.3) is 0 Å². The molecule has 1 amide bonds. The first-order chi connectivity index (χ1) is 10.6. The van der Waals surface area contributed by atoms with Crippen LogP contribution < -0.4 is 10.1 Å². The van der Waals surface area contributed by atoms with Gasteiger partial charge in [-0.2, -0.15) is 0 Å². The van der Waals surface area contributed by atoms with Gasteiger partial charge in [0.2, 0.25) is 11.0 Å². The monoisotopic (exact) mass is 338 g/mol. The summed E-state index contributed by atoms with van der Waals surface area (Å²) < 4.78 is 5.72. The van der Waals surface area contributed by atoms with Crippen molar-refractivity contribution < 1.29 is 9.53 Å². The van der Waals surface area contributed by atoms with E-state index in [0.29, 0.717) is 29.9 Å². The molecule has 22 heavy (non-hydrogen) atoms. The zero-order chi connectivity index (χ0) is 15.5. The second-order valence-corrected chi connectivity index (χ2v) is 6.25. The van der Waals surface area contributed by atoms with Crippen LogP contribution >= 0.6 is 22.9 Å². The summed E-state index contributed by atoms with van der Waals surface area (Å²) in [6.45, 7) is 3.68. The number of anilines is 1. The maximum atomic E-state index is 12.3. The van der Waals surface area contributed by atoms with E-state index < -0.39 is 0 Å². The van der Waals surface area contributed by atoms with Crippen molar-refractivity contribution in [1.29, 1.82) is 0 Å². The Labute approximate surface area is 137 Å². The predicted molar refractivity (Wildman–Crippen MR) is 85.4 cm³/mol. The van der Waals surface area contributed by atoms with Crippen LogP contribution in [0.3, 0.4) is 0 Å². The summed E-state index contributed by atoms with van der Waals surface area (Å²) >= 11 is 7.34. The average Bonchev–Trinajstić information content (AvgIpc) is 2.91. The van der Waals surface area contributed by atoms with Crippen LogP contribution in [0.25, 0.3) is 0 Å². The van der Waals surface area contributed by atoms with E-state index in [2.05, 4.69) is 20.4 Å². The van der Waals surface area contributed by atoms with Gasteiger partial charge in [0.15, 0.2) is 0 Å². The van der Waals surface area contributed by atoms with Crippen molar-refractivity contribution >= 4 is 34.0 Å². The molecule has 1 N–H and O–H groups in total. The second kappa shape index (κ2) is 6.60. The van der Waals surface area contributed by atoms with Crippen LogP contribution in [0, 0.1) is 0 Å². The molecule has 1 aromatic heterocycles. The summed E-state index contributed by atoms with van der Waals surface area (Å²) in [5.74, 6) is 0.714. The zero-order valence-electron chi connectivity index (χ0n) is 12.0. The van der Waals surface area contributed by atoms with Gasteiger partial charge in [0, 0.05) is 23.7 Å². The minimum absolute atomic E-state index is 0.109. The number of carbonyl (C=O) groups is 1. The number of nitrogens with one attached hydrogen (secondary N) is 1. The van der Waals surface area contributed by atoms with Gasteiger partial charge in [-0.05, 0) is 25.1 Å². The third-order valence-corrected chi connectivity index (χ3v) is 4.39. The molecule has 6 nitrogen and oxygen atoms in total. The lowest BCUT2D eigenvalue weighted by Crippen LogP contribution is -2.42. The summed E-state index contributed by atoms with van der Waals surface area (Å²) in [7, 11) is 0. The molecule has 0 fully saturated rings. The van der Waals surface area contributed by atoms with Crippen LogP contribution in [-0.2, 0) is 11.3 Å². The Kier molecular flexibility index (Phi) is 4.56. The standard InChI is InChI=1S/C14H15ClN4O2S/c1-9(13(20)17-14-18-16-8-22-14)19-4-5-21-12-3-2-11(15)6-10(12)7-19/h2-3,6,8-9H,4-5,7H2,1H3,(H,17,18,20)/t9-/m0/s1. The first-order valence-corrected chi connectivity index (χ1v) is 8.11. The molecule has 1 atom stereocenters. The minimum Gasteiger partial charge on any atom is -0.492 e. The summed E-state index contributed by atoms with van der Waals surface area (Å²) in [6, 6.07) is 5.25. The van der Waals surface area contributed by atoms with E-state index in [0.717, 1.165) is 11.3 Å². The molecule has 2 aromatic rings. The molecular formula is C14H15ClN4O2S.